The van der Waals surface area contributed by atoms with Crippen LogP contribution in [0.4, 0.5) is 10.1 Å². The van der Waals surface area contributed by atoms with Gasteiger partial charge in [0.05, 0.1) is 12.2 Å². The molecule has 2 aromatic rings. The van der Waals surface area contributed by atoms with E-state index in [2.05, 4.69) is 5.32 Å². The molecule has 1 aliphatic heterocycles. The Kier molecular flexibility index (Phi) is 4.61. The summed E-state index contributed by atoms with van der Waals surface area (Å²) in [6, 6.07) is 11.1. The minimum Gasteiger partial charge on any atom is -0.319 e. The molecule has 0 bridgehead atoms. The molecule has 0 atom stereocenters. The van der Waals surface area contributed by atoms with E-state index in [1.165, 1.54) is 17.0 Å². The van der Waals surface area contributed by atoms with Crippen molar-refractivity contribution in [2.45, 2.75) is 26.3 Å². The van der Waals surface area contributed by atoms with E-state index in [4.69, 9.17) is 0 Å². The fourth-order valence-electron chi connectivity index (χ4n) is 2.66. The van der Waals surface area contributed by atoms with Crippen molar-refractivity contribution in [1.29, 1.82) is 0 Å². The first-order valence-corrected chi connectivity index (χ1v) is 7.93. The largest absolute Gasteiger partial charge is 0.319 e. The maximum Gasteiger partial charge on any atom is 0.255 e. The first-order chi connectivity index (χ1) is 11.9. The van der Waals surface area contributed by atoms with Crippen molar-refractivity contribution in [1.82, 2.24) is 4.90 Å². The number of benzene rings is 2. The molecule has 0 saturated carbocycles. The third-order valence-corrected chi connectivity index (χ3v) is 4.08. The Balaban J connectivity index is 1.68. The van der Waals surface area contributed by atoms with Crippen LogP contribution in [-0.2, 0) is 16.1 Å². The van der Waals surface area contributed by atoms with Gasteiger partial charge in [-0.05, 0) is 42.3 Å². The molecule has 0 aromatic heterocycles. The molecule has 1 heterocycles. The summed E-state index contributed by atoms with van der Waals surface area (Å²) in [5, 5.41) is 2.53. The van der Waals surface area contributed by atoms with E-state index in [-0.39, 0.29) is 36.9 Å². The Morgan fingerprint density at radius 1 is 1.08 bits per heavy atom. The van der Waals surface area contributed by atoms with Crippen LogP contribution in [0.1, 0.15) is 34.3 Å². The van der Waals surface area contributed by atoms with E-state index < -0.39 is 11.7 Å². The van der Waals surface area contributed by atoms with Gasteiger partial charge in [0.1, 0.15) is 5.82 Å². The van der Waals surface area contributed by atoms with Crippen LogP contribution < -0.4 is 5.32 Å². The van der Waals surface area contributed by atoms with Gasteiger partial charge in [0.25, 0.3) is 5.91 Å². The zero-order valence-corrected chi connectivity index (χ0v) is 13.7. The SMILES string of the molecule is Cc1ccc(NC(=O)c2ccc(CN3C(=O)CCC3=O)cc2)c(F)c1. The summed E-state index contributed by atoms with van der Waals surface area (Å²) in [5.41, 5.74) is 2.00. The van der Waals surface area contributed by atoms with Crippen LogP contribution in [0, 0.1) is 12.7 Å². The van der Waals surface area contributed by atoms with Crippen molar-refractivity contribution in [3.8, 4) is 0 Å². The second kappa shape index (κ2) is 6.84. The minimum absolute atomic E-state index is 0.118. The van der Waals surface area contributed by atoms with Crippen LogP contribution in [-0.4, -0.2) is 22.6 Å². The summed E-state index contributed by atoms with van der Waals surface area (Å²) in [4.78, 5) is 36.7. The second-order valence-electron chi connectivity index (χ2n) is 6.01. The molecule has 2 aromatic carbocycles. The lowest BCUT2D eigenvalue weighted by atomic mass is 10.1. The van der Waals surface area contributed by atoms with Crippen LogP contribution in [0.25, 0.3) is 0 Å². The van der Waals surface area contributed by atoms with Crippen molar-refractivity contribution in [3.05, 3.63) is 65.0 Å². The molecule has 6 heteroatoms. The molecule has 5 nitrogen and oxygen atoms in total. The molecule has 3 rings (SSSR count). The number of aryl methyl sites for hydroxylation is 1. The van der Waals surface area contributed by atoms with Crippen LogP contribution >= 0.6 is 0 Å². The number of carbonyl (C=O) groups excluding carboxylic acids is 3. The maximum atomic E-state index is 13.8. The smallest absolute Gasteiger partial charge is 0.255 e. The number of likely N-dealkylation sites (tertiary alicyclic amines) is 1. The molecule has 128 valence electrons. The first kappa shape index (κ1) is 16.8. The van der Waals surface area contributed by atoms with Crippen LogP contribution in [0.3, 0.4) is 0 Å². The Morgan fingerprint density at radius 2 is 1.72 bits per heavy atom. The predicted molar refractivity (Wildman–Crippen MR) is 90.3 cm³/mol. The average molecular weight is 340 g/mol. The third kappa shape index (κ3) is 3.74. The summed E-state index contributed by atoms with van der Waals surface area (Å²) in [6.07, 6.45) is 0.503. The number of nitrogens with zero attached hydrogens (tertiary/aromatic N) is 1. The Labute approximate surface area is 144 Å². The van der Waals surface area contributed by atoms with Crippen molar-refractivity contribution < 1.29 is 18.8 Å². The summed E-state index contributed by atoms with van der Waals surface area (Å²) >= 11 is 0. The molecule has 0 spiro atoms. The zero-order valence-electron chi connectivity index (χ0n) is 13.7. The number of rotatable bonds is 4. The van der Waals surface area contributed by atoms with Crippen molar-refractivity contribution in [2.24, 2.45) is 0 Å². The molecule has 3 amide bonds. The number of nitrogens with one attached hydrogen (secondary N) is 1. The molecule has 1 N–H and O–H groups in total. The minimum atomic E-state index is -0.490. The fourth-order valence-corrected chi connectivity index (χ4v) is 2.66. The zero-order chi connectivity index (χ0) is 18.0. The van der Waals surface area contributed by atoms with E-state index in [0.29, 0.717) is 5.56 Å². The summed E-state index contributed by atoms with van der Waals surface area (Å²) < 4.78 is 13.8. The monoisotopic (exact) mass is 340 g/mol. The normalized spacial score (nSPS) is 14.1. The number of imide groups is 1. The van der Waals surface area contributed by atoms with E-state index in [1.54, 1.807) is 37.3 Å². The number of carbonyl (C=O) groups is 3. The van der Waals surface area contributed by atoms with Gasteiger partial charge in [-0.25, -0.2) is 4.39 Å². The highest BCUT2D eigenvalue weighted by Crippen LogP contribution is 2.18. The van der Waals surface area contributed by atoms with Crippen LogP contribution in [0.5, 0.6) is 0 Å². The summed E-state index contributed by atoms with van der Waals surface area (Å²) in [5.74, 6) is -1.28. The van der Waals surface area contributed by atoms with Crippen LogP contribution in [0.2, 0.25) is 0 Å². The Hall–Kier alpha value is -3.02. The molecular weight excluding hydrogens is 323 g/mol. The van der Waals surface area contributed by atoms with Gasteiger partial charge in [0.2, 0.25) is 11.8 Å². The quantitative estimate of drug-likeness (QED) is 0.870. The highest BCUT2D eigenvalue weighted by Gasteiger charge is 2.28. The van der Waals surface area contributed by atoms with Crippen molar-refractivity contribution in [2.75, 3.05) is 5.32 Å². The molecule has 0 radical (unpaired) electrons. The molecule has 0 aliphatic carbocycles. The molecule has 1 fully saturated rings. The molecule has 0 unspecified atom stereocenters. The van der Waals surface area contributed by atoms with Gasteiger partial charge >= 0.3 is 0 Å². The number of hydrogen-bond donors (Lipinski definition) is 1. The van der Waals surface area contributed by atoms with Crippen LogP contribution in [0.15, 0.2) is 42.5 Å². The molecule has 25 heavy (non-hydrogen) atoms. The summed E-state index contributed by atoms with van der Waals surface area (Å²) in [6.45, 7) is 1.97. The number of amides is 3. The highest BCUT2D eigenvalue weighted by atomic mass is 19.1. The van der Waals surface area contributed by atoms with E-state index in [0.717, 1.165) is 11.1 Å². The fraction of sp³-hybridized carbons (Fsp3) is 0.211. The lowest BCUT2D eigenvalue weighted by molar-refractivity contribution is -0.139. The lowest BCUT2D eigenvalue weighted by Gasteiger charge is -2.14. The third-order valence-electron chi connectivity index (χ3n) is 4.08. The Morgan fingerprint density at radius 3 is 2.32 bits per heavy atom. The molecular formula is C19H17FN2O3. The summed E-state index contributed by atoms with van der Waals surface area (Å²) in [7, 11) is 0. The number of anilines is 1. The van der Waals surface area contributed by atoms with Gasteiger partial charge in [0.15, 0.2) is 0 Å². The number of halogens is 1. The standard InChI is InChI=1S/C19H17FN2O3/c1-12-2-7-16(15(20)10-12)21-19(25)14-5-3-13(4-6-14)11-22-17(23)8-9-18(22)24/h2-7,10H,8-9,11H2,1H3,(H,21,25). The number of hydrogen-bond acceptors (Lipinski definition) is 3. The molecule has 1 saturated heterocycles. The molecule has 1 aliphatic rings. The predicted octanol–water partition coefficient (Wildman–Crippen LogP) is 3.04. The highest BCUT2D eigenvalue weighted by molar-refractivity contribution is 6.04. The van der Waals surface area contributed by atoms with E-state index in [1.807, 2.05) is 0 Å². The maximum absolute atomic E-state index is 13.8. The van der Waals surface area contributed by atoms with E-state index >= 15 is 0 Å². The Bertz CT molecular complexity index is 830. The van der Waals surface area contributed by atoms with E-state index in [9.17, 15) is 18.8 Å². The second-order valence-corrected chi connectivity index (χ2v) is 6.01. The topological polar surface area (TPSA) is 66.5 Å². The van der Waals surface area contributed by atoms with Gasteiger partial charge in [0, 0.05) is 18.4 Å². The average Bonchev–Trinajstić information content (AvgIpc) is 2.90. The van der Waals surface area contributed by atoms with Gasteiger partial charge < -0.3 is 5.32 Å². The lowest BCUT2D eigenvalue weighted by Crippen LogP contribution is -2.28. The van der Waals surface area contributed by atoms with Gasteiger partial charge in [-0.3, -0.25) is 19.3 Å². The first-order valence-electron chi connectivity index (χ1n) is 7.93. The van der Waals surface area contributed by atoms with Gasteiger partial charge in [-0.1, -0.05) is 18.2 Å². The van der Waals surface area contributed by atoms with Gasteiger partial charge in [-0.15, -0.1) is 0 Å². The van der Waals surface area contributed by atoms with Crippen molar-refractivity contribution >= 4 is 23.4 Å². The van der Waals surface area contributed by atoms with Gasteiger partial charge in [-0.2, -0.15) is 0 Å². The van der Waals surface area contributed by atoms with Crippen molar-refractivity contribution in [3.63, 3.8) is 0 Å².